The predicted molar refractivity (Wildman–Crippen MR) is 84.9 cm³/mol. The average molecular weight is 300 g/mol. The average Bonchev–Trinajstić information content (AvgIpc) is 3.03. The van der Waals surface area contributed by atoms with Gasteiger partial charge in [0.1, 0.15) is 11.6 Å². The highest BCUT2D eigenvalue weighted by Gasteiger charge is 2.20. The first kappa shape index (κ1) is 14.6. The molecular formula is C16H20N4O2. The third-order valence-electron chi connectivity index (χ3n) is 3.77. The monoisotopic (exact) mass is 300 g/mol. The molecule has 1 atom stereocenters. The molecule has 22 heavy (non-hydrogen) atoms. The molecule has 4 N–H and O–H groups in total. The fraction of sp³-hybridized carbons (Fsp3) is 0.375. The minimum absolute atomic E-state index is 0.281. The Morgan fingerprint density at radius 3 is 2.82 bits per heavy atom. The van der Waals surface area contributed by atoms with Crippen LogP contribution in [0.1, 0.15) is 23.6 Å². The quantitative estimate of drug-likeness (QED) is 0.781. The number of nitrogens with zero attached hydrogens (tertiary/aromatic N) is 2. The normalized spacial score (nSPS) is 17.5. The first-order valence-electron chi connectivity index (χ1n) is 7.45. The topological polar surface area (TPSA) is 93.3 Å². The Balaban J connectivity index is 1.61. The molecule has 0 bridgehead atoms. The molecule has 1 saturated heterocycles. The van der Waals surface area contributed by atoms with E-state index in [9.17, 15) is 5.11 Å². The van der Waals surface area contributed by atoms with Gasteiger partial charge < -0.3 is 20.9 Å². The van der Waals surface area contributed by atoms with Gasteiger partial charge in [0.05, 0.1) is 12.3 Å². The first-order valence-corrected chi connectivity index (χ1v) is 7.45. The molecule has 1 aliphatic rings. The number of aromatic hydroxyl groups is 1. The zero-order chi connectivity index (χ0) is 15.4. The minimum Gasteiger partial charge on any atom is -0.508 e. The highest BCUT2D eigenvalue weighted by Crippen LogP contribution is 2.25. The number of nitrogens with two attached hydrogens (primary N) is 1. The molecule has 2 aromatic rings. The van der Waals surface area contributed by atoms with E-state index in [1.54, 1.807) is 12.1 Å². The number of hydrogen-bond donors (Lipinski definition) is 3. The summed E-state index contributed by atoms with van der Waals surface area (Å²) in [5.41, 5.74) is 7.89. The number of aromatic nitrogens is 2. The summed E-state index contributed by atoms with van der Waals surface area (Å²) in [7, 11) is 0. The maximum absolute atomic E-state index is 9.27. The van der Waals surface area contributed by atoms with E-state index in [1.165, 1.54) is 0 Å². The van der Waals surface area contributed by atoms with Crippen molar-refractivity contribution in [1.82, 2.24) is 9.97 Å². The summed E-state index contributed by atoms with van der Waals surface area (Å²) in [5.74, 6) is 1.62. The molecule has 1 aromatic heterocycles. The van der Waals surface area contributed by atoms with Gasteiger partial charge in [-0.2, -0.15) is 4.98 Å². The van der Waals surface area contributed by atoms with Gasteiger partial charge in [-0.1, -0.05) is 12.1 Å². The van der Waals surface area contributed by atoms with E-state index >= 15 is 0 Å². The summed E-state index contributed by atoms with van der Waals surface area (Å²) in [6.45, 7) is 2.21. The maximum atomic E-state index is 9.27. The number of phenols is 1. The van der Waals surface area contributed by atoms with E-state index in [-0.39, 0.29) is 11.7 Å². The molecule has 0 saturated carbocycles. The molecule has 1 unspecified atom stereocenters. The molecule has 1 aromatic carbocycles. The summed E-state index contributed by atoms with van der Waals surface area (Å²) in [4.78, 5) is 8.54. The Bertz CT molecular complexity index is 625. The van der Waals surface area contributed by atoms with Gasteiger partial charge in [-0.25, -0.2) is 4.98 Å². The molecule has 3 rings (SSSR count). The van der Waals surface area contributed by atoms with Crippen LogP contribution in [0, 0.1) is 0 Å². The Kier molecular flexibility index (Phi) is 4.39. The van der Waals surface area contributed by atoms with E-state index in [2.05, 4.69) is 15.3 Å². The van der Waals surface area contributed by atoms with Crippen molar-refractivity contribution in [3.63, 3.8) is 0 Å². The summed E-state index contributed by atoms with van der Waals surface area (Å²) >= 11 is 0. The van der Waals surface area contributed by atoms with Crippen molar-refractivity contribution in [3.05, 3.63) is 41.6 Å². The smallest absolute Gasteiger partial charge is 0.222 e. The van der Waals surface area contributed by atoms with Crippen LogP contribution in [0.25, 0.3) is 0 Å². The molecule has 1 fully saturated rings. The molecule has 2 heterocycles. The van der Waals surface area contributed by atoms with Crippen LogP contribution in [0.3, 0.4) is 0 Å². The molecule has 6 nitrogen and oxygen atoms in total. The van der Waals surface area contributed by atoms with Gasteiger partial charge in [0.15, 0.2) is 0 Å². The zero-order valence-corrected chi connectivity index (χ0v) is 12.3. The van der Waals surface area contributed by atoms with Crippen LogP contribution in [-0.4, -0.2) is 34.8 Å². The maximum Gasteiger partial charge on any atom is 0.222 e. The lowest BCUT2D eigenvalue weighted by molar-refractivity contribution is 0.193. The third kappa shape index (κ3) is 3.65. The first-order chi connectivity index (χ1) is 10.7. The van der Waals surface area contributed by atoms with Crippen LogP contribution in [0.2, 0.25) is 0 Å². The van der Waals surface area contributed by atoms with Crippen molar-refractivity contribution < 1.29 is 9.84 Å². The van der Waals surface area contributed by atoms with Gasteiger partial charge >= 0.3 is 0 Å². The van der Waals surface area contributed by atoms with Crippen LogP contribution in [0.4, 0.5) is 11.8 Å². The number of anilines is 2. The second-order valence-corrected chi connectivity index (χ2v) is 5.44. The van der Waals surface area contributed by atoms with E-state index in [1.807, 2.05) is 18.2 Å². The summed E-state index contributed by atoms with van der Waals surface area (Å²) < 4.78 is 5.40. The second-order valence-electron chi connectivity index (χ2n) is 5.44. The fourth-order valence-corrected chi connectivity index (χ4v) is 2.55. The Morgan fingerprint density at radius 2 is 2.09 bits per heavy atom. The largest absolute Gasteiger partial charge is 0.508 e. The van der Waals surface area contributed by atoms with Crippen molar-refractivity contribution >= 4 is 11.8 Å². The summed E-state index contributed by atoms with van der Waals surface area (Å²) in [5, 5.41) is 12.5. The lowest BCUT2D eigenvalue weighted by Gasteiger charge is -2.11. The molecule has 6 heteroatoms. The number of rotatable bonds is 5. The summed E-state index contributed by atoms with van der Waals surface area (Å²) in [6.07, 6.45) is 1.81. The van der Waals surface area contributed by atoms with E-state index < -0.39 is 0 Å². The van der Waals surface area contributed by atoms with Crippen molar-refractivity contribution in [2.45, 2.75) is 18.8 Å². The van der Waals surface area contributed by atoms with Crippen LogP contribution < -0.4 is 11.1 Å². The number of phenolic OH excluding ortho intramolecular Hbond substituents is 1. The molecule has 116 valence electrons. The van der Waals surface area contributed by atoms with Gasteiger partial charge in [0, 0.05) is 25.1 Å². The number of hydrogen-bond acceptors (Lipinski definition) is 6. The van der Waals surface area contributed by atoms with Crippen LogP contribution in [-0.2, 0) is 11.2 Å². The third-order valence-corrected chi connectivity index (χ3v) is 3.77. The van der Waals surface area contributed by atoms with Gasteiger partial charge in [-0.05, 0) is 30.5 Å². The van der Waals surface area contributed by atoms with E-state index in [0.29, 0.717) is 12.5 Å². The van der Waals surface area contributed by atoms with Crippen LogP contribution >= 0.6 is 0 Å². The lowest BCUT2D eigenvalue weighted by atomic mass is 10.0. The Morgan fingerprint density at radius 1 is 1.27 bits per heavy atom. The second kappa shape index (κ2) is 6.62. The number of nitrogen functional groups attached to an aromatic ring is 1. The van der Waals surface area contributed by atoms with Gasteiger partial charge in [0.25, 0.3) is 0 Å². The van der Waals surface area contributed by atoms with E-state index in [0.717, 1.165) is 43.1 Å². The molecule has 0 radical (unpaired) electrons. The SMILES string of the molecule is Nc1nc(NCCc2ccc(O)cc2)cc(C2CCOC2)n1. The van der Waals surface area contributed by atoms with Crippen LogP contribution in [0.5, 0.6) is 5.75 Å². The van der Waals surface area contributed by atoms with Crippen LogP contribution in [0.15, 0.2) is 30.3 Å². The molecule has 0 aliphatic carbocycles. The van der Waals surface area contributed by atoms with E-state index in [4.69, 9.17) is 10.5 Å². The Hall–Kier alpha value is -2.34. The van der Waals surface area contributed by atoms with Gasteiger partial charge in [-0.3, -0.25) is 0 Å². The van der Waals surface area contributed by atoms with Crippen molar-refractivity contribution in [2.24, 2.45) is 0 Å². The molecule has 1 aliphatic heterocycles. The summed E-state index contributed by atoms with van der Waals surface area (Å²) in [6, 6.07) is 9.15. The fourth-order valence-electron chi connectivity index (χ4n) is 2.55. The minimum atomic E-state index is 0.281. The number of nitrogens with one attached hydrogen (secondary N) is 1. The Labute approximate surface area is 129 Å². The standard InChI is InChI=1S/C16H20N4O2/c17-16-19-14(12-6-8-22-10-12)9-15(20-16)18-7-5-11-1-3-13(21)4-2-11/h1-4,9,12,21H,5-8,10H2,(H3,17,18,19,20). The lowest BCUT2D eigenvalue weighted by Crippen LogP contribution is -2.11. The van der Waals surface area contributed by atoms with Gasteiger partial charge in [-0.15, -0.1) is 0 Å². The molecular weight excluding hydrogens is 280 g/mol. The van der Waals surface area contributed by atoms with Gasteiger partial charge in [0.2, 0.25) is 5.95 Å². The molecule has 0 amide bonds. The number of benzene rings is 1. The highest BCUT2D eigenvalue weighted by molar-refractivity contribution is 5.42. The van der Waals surface area contributed by atoms with Crippen molar-refractivity contribution in [3.8, 4) is 5.75 Å². The van der Waals surface area contributed by atoms with Crippen molar-refractivity contribution in [2.75, 3.05) is 30.8 Å². The number of ether oxygens (including phenoxy) is 1. The highest BCUT2D eigenvalue weighted by atomic mass is 16.5. The molecule has 0 spiro atoms. The van der Waals surface area contributed by atoms with Crippen molar-refractivity contribution in [1.29, 1.82) is 0 Å². The predicted octanol–water partition coefficient (Wildman–Crippen LogP) is 1.92. The zero-order valence-electron chi connectivity index (χ0n) is 12.3.